The molecule has 0 saturated carbocycles. The minimum Gasteiger partial charge on any atom is -0.466 e. The summed E-state index contributed by atoms with van der Waals surface area (Å²) < 4.78 is 10.0. The van der Waals surface area contributed by atoms with E-state index in [4.69, 9.17) is 4.74 Å². The maximum Gasteiger partial charge on any atom is 0.339 e. The molecule has 0 amide bonds. The van der Waals surface area contributed by atoms with Crippen molar-refractivity contribution >= 4 is 11.9 Å². The van der Waals surface area contributed by atoms with Crippen LogP contribution in [0.3, 0.4) is 0 Å². The number of benzene rings is 1. The lowest BCUT2D eigenvalue weighted by molar-refractivity contribution is -0.137. The number of methoxy groups -OCH3 is 1. The summed E-state index contributed by atoms with van der Waals surface area (Å²) in [4.78, 5) is 23.9. The van der Waals surface area contributed by atoms with Crippen LogP contribution >= 0.6 is 0 Å². The summed E-state index contributed by atoms with van der Waals surface area (Å²) in [5.74, 6) is -1.01. The van der Waals surface area contributed by atoms with Crippen molar-refractivity contribution in [1.29, 1.82) is 0 Å². The molecule has 1 aromatic rings. The Morgan fingerprint density at radius 1 is 1.19 bits per heavy atom. The molecular formula is C17H22O4. The summed E-state index contributed by atoms with van der Waals surface area (Å²) in [6.45, 7) is 11.2. The standard InChI is InChI=1S/C17H22O4/c1-7-14(13(5)16(18)20-6)21-17(19)15-11(3)8-10(2)9-12(15)4/h8-9,14H,5,7H2,1-4,6H3. The Morgan fingerprint density at radius 2 is 1.71 bits per heavy atom. The second-order valence-corrected chi connectivity index (χ2v) is 5.09. The second kappa shape index (κ2) is 7.07. The number of rotatable bonds is 5. The van der Waals surface area contributed by atoms with E-state index in [2.05, 4.69) is 11.3 Å². The summed E-state index contributed by atoms with van der Waals surface area (Å²) in [7, 11) is 1.27. The van der Waals surface area contributed by atoms with Gasteiger partial charge in [-0.05, 0) is 38.3 Å². The predicted octanol–water partition coefficient (Wildman–Crippen LogP) is 3.28. The molecule has 0 heterocycles. The molecule has 4 heteroatoms. The monoisotopic (exact) mass is 290 g/mol. The zero-order chi connectivity index (χ0) is 16.2. The topological polar surface area (TPSA) is 52.6 Å². The third-order valence-corrected chi connectivity index (χ3v) is 3.34. The molecule has 114 valence electrons. The van der Waals surface area contributed by atoms with Crippen molar-refractivity contribution in [1.82, 2.24) is 0 Å². The molecule has 0 fully saturated rings. The van der Waals surface area contributed by atoms with Gasteiger partial charge in [-0.25, -0.2) is 9.59 Å². The van der Waals surface area contributed by atoms with Crippen molar-refractivity contribution in [3.05, 3.63) is 46.5 Å². The normalized spacial score (nSPS) is 11.7. The minimum atomic E-state index is -0.676. The molecule has 1 rings (SSSR count). The molecule has 0 aromatic heterocycles. The van der Waals surface area contributed by atoms with Crippen LogP contribution in [0.4, 0.5) is 0 Å². The van der Waals surface area contributed by atoms with Gasteiger partial charge in [0.1, 0.15) is 6.10 Å². The van der Waals surface area contributed by atoms with Crippen molar-refractivity contribution in [3.8, 4) is 0 Å². The summed E-state index contributed by atoms with van der Waals surface area (Å²) in [6.07, 6.45) is -0.214. The van der Waals surface area contributed by atoms with Gasteiger partial charge in [0.05, 0.1) is 18.2 Å². The molecule has 0 aliphatic heterocycles. The molecule has 0 bridgehead atoms. The fourth-order valence-electron chi connectivity index (χ4n) is 2.35. The van der Waals surface area contributed by atoms with Crippen LogP contribution < -0.4 is 0 Å². The Hall–Kier alpha value is -2.10. The van der Waals surface area contributed by atoms with Crippen LogP contribution in [0.2, 0.25) is 0 Å². The van der Waals surface area contributed by atoms with E-state index in [1.54, 1.807) is 0 Å². The summed E-state index contributed by atoms with van der Waals surface area (Å²) >= 11 is 0. The number of aryl methyl sites for hydroxylation is 3. The minimum absolute atomic E-state index is 0.149. The van der Waals surface area contributed by atoms with Gasteiger partial charge in [0, 0.05) is 0 Å². The maximum atomic E-state index is 12.4. The van der Waals surface area contributed by atoms with Crippen LogP contribution in [-0.4, -0.2) is 25.2 Å². The Labute approximate surface area is 125 Å². The first-order valence-corrected chi connectivity index (χ1v) is 6.87. The lowest BCUT2D eigenvalue weighted by Gasteiger charge is -2.19. The van der Waals surface area contributed by atoms with Crippen molar-refractivity contribution in [2.75, 3.05) is 7.11 Å². The first kappa shape index (κ1) is 17.0. The molecule has 0 spiro atoms. The highest BCUT2D eigenvalue weighted by Crippen LogP contribution is 2.20. The number of esters is 2. The van der Waals surface area contributed by atoms with Crippen LogP contribution in [0, 0.1) is 20.8 Å². The highest BCUT2D eigenvalue weighted by molar-refractivity contribution is 5.94. The Kier molecular flexibility index (Phi) is 5.70. The fourth-order valence-corrected chi connectivity index (χ4v) is 2.35. The van der Waals surface area contributed by atoms with Crippen molar-refractivity contribution in [2.24, 2.45) is 0 Å². The number of carbonyl (C=O) groups is 2. The van der Waals surface area contributed by atoms with Gasteiger partial charge in [0.15, 0.2) is 0 Å². The second-order valence-electron chi connectivity index (χ2n) is 5.09. The Bertz CT molecular complexity index is 549. The van der Waals surface area contributed by atoms with Crippen LogP contribution in [0.1, 0.15) is 40.4 Å². The van der Waals surface area contributed by atoms with Crippen molar-refractivity contribution < 1.29 is 19.1 Å². The molecule has 0 N–H and O–H groups in total. The fraction of sp³-hybridized carbons (Fsp3) is 0.412. The first-order chi connectivity index (χ1) is 9.81. The number of ether oxygens (including phenoxy) is 2. The van der Waals surface area contributed by atoms with E-state index in [0.29, 0.717) is 12.0 Å². The van der Waals surface area contributed by atoms with Gasteiger partial charge in [0.2, 0.25) is 0 Å². The summed E-state index contributed by atoms with van der Waals surface area (Å²) in [5.41, 5.74) is 3.49. The van der Waals surface area contributed by atoms with Gasteiger partial charge < -0.3 is 9.47 Å². The lowest BCUT2D eigenvalue weighted by atomic mass is 10.00. The van der Waals surface area contributed by atoms with E-state index in [9.17, 15) is 9.59 Å². The molecule has 0 aliphatic carbocycles. The molecular weight excluding hydrogens is 268 g/mol. The van der Waals surface area contributed by atoms with Crippen molar-refractivity contribution in [2.45, 2.75) is 40.2 Å². The number of carbonyl (C=O) groups excluding carboxylic acids is 2. The number of hydrogen-bond acceptors (Lipinski definition) is 4. The van der Waals surface area contributed by atoms with Gasteiger partial charge in [-0.3, -0.25) is 0 Å². The maximum absolute atomic E-state index is 12.4. The van der Waals surface area contributed by atoms with Crippen LogP contribution in [0.25, 0.3) is 0 Å². The summed E-state index contributed by atoms with van der Waals surface area (Å²) in [5, 5.41) is 0. The van der Waals surface area contributed by atoms with E-state index in [-0.39, 0.29) is 5.57 Å². The van der Waals surface area contributed by atoms with E-state index in [0.717, 1.165) is 16.7 Å². The lowest BCUT2D eigenvalue weighted by Crippen LogP contribution is -2.25. The van der Waals surface area contributed by atoms with Gasteiger partial charge in [-0.15, -0.1) is 0 Å². The largest absolute Gasteiger partial charge is 0.466 e. The van der Waals surface area contributed by atoms with Crippen LogP contribution in [-0.2, 0) is 14.3 Å². The van der Waals surface area contributed by atoms with Crippen molar-refractivity contribution in [3.63, 3.8) is 0 Å². The third-order valence-electron chi connectivity index (χ3n) is 3.34. The molecule has 4 nitrogen and oxygen atoms in total. The third kappa shape index (κ3) is 3.94. The average molecular weight is 290 g/mol. The molecule has 21 heavy (non-hydrogen) atoms. The number of hydrogen-bond donors (Lipinski definition) is 0. The average Bonchev–Trinajstić information content (AvgIpc) is 2.41. The van der Waals surface area contributed by atoms with E-state index < -0.39 is 18.0 Å². The molecule has 0 radical (unpaired) electrons. The molecule has 1 unspecified atom stereocenters. The van der Waals surface area contributed by atoms with E-state index in [1.165, 1.54) is 7.11 Å². The molecule has 0 aliphatic rings. The molecule has 0 saturated heterocycles. The van der Waals surface area contributed by atoms with E-state index >= 15 is 0 Å². The zero-order valence-electron chi connectivity index (χ0n) is 13.3. The van der Waals surface area contributed by atoms with Crippen LogP contribution in [0.15, 0.2) is 24.3 Å². The highest BCUT2D eigenvalue weighted by atomic mass is 16.6. The van der Waals surface area contributed by atoms with Gasteiger partial charge in [-0.2, -0.15) is 0 Å². The quantitative estimate of drug-likeness (QED) is 0.617. The van der Waals surface area contributed by atoms with Crippen LogP contribution in [0.5, 0.6) is 0 Å². The molecule has 1 aromatic carbocycles. The highest BCUT2D eigenvalue weighted by Gasteiger charge is 2.24. The first-order valence-electron chi connectivity index (χ1n) is 6.87. The Balaban J connectivity index is 2.99. The SMILES string of the molecule is C=C(C(=O)OC)C(CC)OC(=O)c1c(C)cc(C)cc1C. The Morgan fingerprint density at radius 3 is 2.14 bits per heavy atom. The molecule has 1 atom stereocenters. The zero-order valence-corrected chi connectivity index (χ0v) is 13.3. The predicted molar refractivity (Wildman–Crippen MR) is 81.3 cm³/mol. The summed E-state index contributed by atoms with van der Waals surface area (Å²) in [6, 6.07) is 3.86. The smallest absolute Gasteiger partial charge is 0.339 e. The van der Waals surface area contributed by atoms with Gasteiger partial charge in [0.25, 0.3) is 0 Å². The van der Waals surface area contributed by atoms with Gasteiger partial charge in [-0.1, -0.05) is 31.2 Å². The van der Waals surface area contributed by atoms with E-state index in [1.807, 2.05) is 39.8 Å². The van der Waals surface area contributed by atoms with Gasteiger partial charge >= 0.3 is 11.9 Å².